The third-order valence-electron chi connectivity index (χ3n) is 4.27. The van der Waals surface area contributed by atoms with Crippen molar-refractivity contribution in [3.8, 4) is 11.8 Å². The molecule has 0 saturated carbocycles. The van der Waals surface area contributed by atoms with Crippen LogP contribution in [0, 0.1) is 18.8 Å². The number of methoxy groups -OCH3 is 1. The Morgan fingerprint density at radius 3 is 2.47 bits per heavy atom. The lowest BCUT2D eigenvalue weighted by Gasteiger charge is -2.12. The number of alkyl halides is 3. The monoisotopic (exact) mass is 446 g/mol. The minimum atomic E-state index is -4.57. The Morgan fingerprint density at radius 2 is 1.81 bits per heavy atom. The van der Waals surface area contributed by atoms with Crippen LogP contribution < -0.4 is 0 Å². The smallest absolute Gasteiger partial charge is 0.458 e. The van der Waals surface area contributed by atoms with E-state index in [1.54, 1.807) is 31.2 Å². The largest absolute Gasteiger partial charge is 0.464 e. The number of rotatable bonds is 7. The van der Waals surface area contributed by atoms with E-state index in [-0.39, 0.29) is 17.9 Å². The maximum Gasteiger partial charge on any atom is 0.458 e. The lowest BCUT2D eigenvalue weighted by Crippen LogP contribution is -2.20. The van der Waals surface area contributed by atoms with Gasteiger partial charge in [-0.2, -0.15) is 13.2 Å². The normalized spacial score (nSPS) is 12.0. The summed E-state index contributed by atoms with van der Waals surface area (Å²) < 4.78 is 41.7. The minimum Gasteiger partial charge on any atom is -0.464 e. The molecule has 168 valence electrons. The highest BCUT2D eigenvalue weighted by molar-refractivity contribution is 6.43. The highest BCUT2D eigenvalue weighted by Crippen LogP contribution is 2.18. The molecule has 0 unspecified atom stereocenters. The van der Waals surface area contributed by atoms with Gasteiger partial charge in [0.1, 0.15) is 13.7 Å². The van der Waals surface area contributed by atoms with Gasteiger partial charge in [-0.05, 0) is 31.5 Å². The highest BCUT2D eigenvalue weighted by atomic mass is 19.4. The van der Waals surface area contributed by atoms with E-state index in [1.807, 2.05) is 13.0 Å². The minimum absolute atomic E-state index is 0.00659. The van der Waals surface area contributed by atoms with Crippen molar-refractivity contribution in [1.29, 1.82) is 0 Å². The average molecular weight is 446 g/mol. The summed E-state index contributed by atoms with van der Waals surface area (Å²) in [6.45, 7) is 3.50. The van der Waals surface area contributed by atoms with Gasteiger partial charge in [0.15, 0.2) is 5.71 Å². The van der Waals surface area contributed by atoms with Gasteiger partial charge in [0.2, 0.25) is 0 Å². The van der Waals surface area contributed by atoms with Crippen molar-refractivity contribution in [1.82, 2.24) is 0 Å². The molecule has 6 nitrogen and oxygen atoms in total. The summed E-state index contributed by atoms with van der Waals surface area (Å²) in [5.74, 6) is 2.64. The standard InChI is InChI=1S/C23H21F3N2O4/c1-15-7-5-10-19(21(28-31-4)22(29)30-3)20(15)14-32-27-16(2)18-9-6-8-17(13-18)11-12-23(24,25)26/h5-10,13H,14H2,1-4H3/b27-16+,28-21+. The van der Waals surface area contributed by atoms with Gasteiger partial charge in [-0.15, -0.1) is 0 Å². The molecule has 2 aromatic rings. The van der Waals surface area contributed by atoms with Crippen molar-refractivity contribution in [3.05, 3.63) is 70.3 Å². The van der Waals surface area contributed by atoms with Gasteiger partial charge in [0.05, 0.1) is 12.8 Å². The van der Waals surface area contributed by atoms with E-state index in [9.17, 15) is 18.0 Å². The summed E-state index contributed by atoms with van der Waals surface area (Å²) in [4.78, 5) is 22.3. The van der Waals surface area contributed by atoms with E-state index in [0.29, 0.717) is 22.4 Å². The van der Waals surface area contributed by atoms with E-state index < -0.39 is 12.1 Å². The first-order valence-corrected chi connectivity index (χ1v) is 9.31. The molecule has 0 bridgehead atoms. The third-order valence-corrected chi connectivity index (χ3v) is 4.27. The number of hydrogen-bond donors (Lipinski definition) is 0. The van der Waals surface area contributed by atoms with Gasteiger partial charge in [-0.25, -0.2) is 4.79 Å². The zero-order valence-electron chi connectivity index (χ0n) is 17.9. The van der Waals surface area contributed by atoms with E-state index in [2.05, 4.69) is 16.2 Å². The number of aryl methyl sites for hydroxylation is 1. The number of halogens is 3. The number of oxime groups is 2. The van der Waals surface area contributed by atoms with Crippen LogP contribution in [0.1, 0.15) is 34.7 Å². The van der Waals surface area contributed by atoms with Gasteiger partial charge in [-0.3, -0.25) is 0 Å². The van der Waals surface area contributed by atoms with Gasteiger partial charge in [0, 0.05) is 28.2 Å². The van der Waals surface area contributed by atoms with E-state index in [1.165, 1.54) is 32.3 Å². The second-order valence-corrected chi connectivity index (χ2v) is 6.49. The van der Waals surface area contributed by atoms with Crippen LogP contribution in [0.4, 0.5) is 13.2 Å². The maximum atomic E-state index is 12.3. The van der Waals surface area contributed by atoms with Crippen LogP contribution in [0.25, 0.3) is 0 Å². The molecule has 2 rings (SSSR count). The molecule has 0 fully saturated rings. The summed E-state index contributed by atoms with van der Waals surface area (Å²) in [5.41, 5.74) is 3.12. The Hall–Kier alpha value is -3.80. The predicted octanol–water partition coefficient (Wildman–Crippen LogP) is 4.37. The molecule has 0 aliphatic rings. The Labute approximate surface area is 183 Å². The summed E-state index contributed by atoms with van der Waals surface area (Å²) in [6.07, 6.45) is -4.57. The van der Waals surface area contributed by atoms with Crippen LogP contribution >= 0.6 is 0 Å². The molecule has 2 aromatic carbocycles. The van der Waals surface area contributed by atoms with Crippen molar-refractivity contribution in [3.63, 3.8) is 0 Å². The summed E-state index contributed by atoms with van der Waals surface area (Å²) in [7, 11) is 2.55. The molecule has 32 heavy (non-hydrogen) atoms. The predicted molar refractivity (Wildman–Crippen MR) is 113 cm³/mol. The van der Waals surface area contributed by atoms with Crippen molar-refractivity contribution < 1.29 is 32.4 Å². The molecule has 0 N–H and O–H groups in total. The van der Waals surface area contributed by atoms with E-state index in [0.717, 1.165) is 5.56 Å². The topological polar surface area (TPSA) is 69.5 Å². The number of carbonyl (C=O) groups is 1. The number of carbonyl (C=O) groups excluding carboxylic acids is 1. The number of esters is 1. The van der Waals surface area contributed by atoms with Crippen molar-refractivity contribution in [2.75, 3.05) is 14.2 Å². The van der Waals surface area contributed by atoms with Gasteiger partial charge in [-0.1, -0.05) is 46.6 Å². The summed E-state index contributed by atoms with van der Waals surface area (Å²) >= 11 is 0. The summed E-state index contributed by atoms with van der Waals surface area (Å²) in [5, 5.41) is 7.81. The molecule has 0 radical (unpaired) electrons. The summed E-state index contributed by atoms with van der Waals surface area (Å²) in [6, 6.07) is 11.5. The first-order valence-electron chi connectivity index (χ1n) is 9.31. The Kier molecular flexibility index (Phi) is 8.41. The first kappa shape index (κ1) is 24.5. The average Bonchev–Trinajstić information content (AvgIpc) is 2.76. The van der Waals surface area contributed by atoms with Gasteiger partial charge in [0.25, 0.3) is 0 Å². The van der Waals surface area contributed by atoms with E-state index in [4.69, 9.17) is 14.4 Å². The van der Waals surface area contributed by atoms with Crippen molar-refractivity contribution >= 4 is 17.4 Å². The quantitative estimate of drug-likeness (QED) is 0.274. The molecule has 0 aromatic heterocycles. The van der Waals surface area contributed by atoms with Crippen LogP contribution in [0.5, 0.6) is 0 Å². The molecule has 0 heterocycles. The Morgan fingerprint density at radius 1 is 1.09 bits per heavy atom. The third kappa shape index (κ3) is 6.87. The second kappa shape index (κ2) is 11.0. The fourth-order valence-corrected chi connectivity index (χ4v) is 2.71. The molecule has 0 saturated heterocycles. The molecular formula is C23H21F3N2O4. The van der Waals surface area contributed by atoms with Crippen LogP contribution in [0.15, 0.2) is 52.8 Å². The molecule has 0 spiro atoms. The number of hydrogen-bond acceptors (Lipinski definition) is 6. The lowest BCUT2D eigenvalue weighted by atomic mass is 9.99. The fraction of sp³-hybridized carbons (Fsp3) is 0.261. The molecule has 0 aliphatic heterocycles. The van der Waals surface area contributed by atoms with Crippen molar-refractivity contribution in [2.45, 2.75) is 26.6 Å². The van der Waals surface area contributed by atoms with Crippen LogP contribution in [-0.2, 0) is 25.8 Å². The number of ether oxygens (including phenoxy) is 1. The van der Waals surface area contributed by atoms with Crippen LogP contribution in [0.2, 0.25) is 0 Å². The Balaban J connectivity index is 2.26. The molecule has 0 aliphatic carbocycles. The maximum absolute atomic E-state index is 12.3. The van der Waals surface area contributed by atoms with Gasteiger partial charge >= 0.3 is 12.1 Å². The lowest BCUT2D eigenvalue weighted by molar-refractivity contribution is -0.132. The van der Waals surface area contributed by atoms with Crippen molar-refractivity contribution in [2.24, 2.45) is 10.3 Å². The van der Waals surface area contributed by atoms with Crippen LogP contribution in [0.3, 0.4) is 0 Å². The zero-order chi connectivity index (χ0) is 23.7. The van der Waals surface area contributed by atoms with Gasteiger partial charge < -0.3 is 14.4 Å². The fourth-order valence-electron chi connectivity index (χ4n) is 2.71. The molecule has 9 heteroatoms. The highest BCUT2D eigenvalue weighted by Gasteiger charge is 2.23. The number of benzene rings is 2. The number of nitrogens with zero attached hydrogens (tertiary/aromatic N) is 2. The SMILES string of the molecule is CO/N=C(/C(=O)OC)c1cccc(C)c1CO/N=C(\C)c1cccc(C#CC(F)(F)F)c1. The van der Waals surface area contributed by atoms with E-state index >= 15 is 0 Å². The molecular weight excluding hydrogens is 425 g/mol. The molecule has 0 atom stereocenters. The van der Waals surface area contributed by atoms with Crippen LogP contribution in [-0.4, -0.2) is 37.8 Å². The second-order valence-electron chi connectivity index (χ2n) is 6.49. The Bertz CT molecular complexity index is 1100. The first-order chi connectivity index (χ1) is 15.2. The molecule has 0 amide bonds. The zero-order valence-corrected chi connectivity index (χ0v) is 17.9.